The summed E-state index contributed by atoms with van der Waals surface area (Å²) in [5, 5.41) is 5.09. The minimum absolute atomic E-state index is 0.205. The number of amides is 2. The van der Waals surface area contributed by atoms with E-state index in [0.717, 1.165) is 6.42 Å². The van der Waals surface area contributed by atoms with Gasteiger partial charge in [0.05, 0.1) is 0 Å². The monoisotopic (exact) mass is 306 g/mol. The van der Waals surface area contributed by atoms with Crippen LogP contribution in [0, 0.1) is 0 Å². The highest BCUT2D eigenvalue weighted by Gasteiger charge is 2.25. The molecule has 2 amide bonds. The number of esters is 1. The molecule has 1 aromatic carbocycles. The number of benzene rings is 1. The minimum atomic E-state index is -0.556. The molecule has 1 aromatic rings. The van der Waals surface area contributed by atoms with E-state index < -0.39 is 18.0 Å². The standard InChI is InChI=1S/C15H18N2O5/c1-16-14(19)10-4-6-11(7-5-10)17-13(18)9-22-15(20)12-3-2-8-21-12/h4-7,12H,2-3,8-9H2,1H3,(H,16,19)(H,17,18)/t12-/m1/s1. The average molecular weight is 306 g/mol. The van der Waals surface area contributed by atoms with Crippen LogP contribution in [0.4, 0.5) is 5.69 Å². The number of rotatable bonds is 5. The maximum absolute atomic E-state index is 11.7. The normalized spacial score (nSPS) is 16.9. The van der Waals surface area contributed by atoms with E-state index in [1.807, 2.05) is 0 Å². The Morgan fingerprint density at radius 2 is 2.00 bits per heavy atom. The summed E-state index contributed by atoms with van der Waals surface area (Å²) in [6.07, 6.45) is 0.894. The first-order valence-corrected chi connectivity index (χ1v) is 7.00. The van der Waals surface area contributed by atoms with Crippen molar-refractivity contribution in [1.82, 2.24) is 5.32 Å². The molecule has 7 heteroatoms. The largest absolute Gasteiger partial charge is 0.454 e. The van der Waals surface area contributed by atoms with Crippen LogP contribution in [0.3, 0.4) is 0 Å². The summed E-state index contributed by atoms with van der Waals surface area (Å²) in [4.78, 5) is 34.7. The second-order valence-corrected chi connectivity index (χ2v) is 4.81. The molecule has 7 nitrogen and oxygen atoms in total. The predicted octanol–water partition coefficient (Wildman–Crippen LogP) is 0.707. The Morgan fingerprint density at radius 3 is 2.59 bits per heavy atom. The summed E-state index contributed by atoms with van der Waals surface area (Å²) < 4.78 is 10.1. The summed E-state index contributed by atoms with van der Waals surface area (Å²) >= 11 is 0. The molecule has 1 aliphatic heterocycles. The van der Waals surface area contributed by atoms with Gasteiger partial charge in [-0.05, 0) is 37.1 Å². The van der Waals surface area contributed by atoms with Gasteiger partial charge in [-0.25, -0.2) is 4.79 Å². The number of hydrogen-bond donors (Lipinski definition) is 2. The van der Waals surface area contributed by atoms with E-state index in [1.165, 1.54) is 0 Å². The van der Waals surface area contributed by atoms with Crippen molar-refractivity contribution in [3.63, 3.8) is 0 Å². The summed E-state index contributed by atoms with van der Waals surface area (Å²) in [5.74, 6) is -1.16. The van der Waals surface area contributed by atoms with Crippen LogP contribution >= 0.6 is 0 Å². The van der Waals surface area contributed by atoms with Crippen LogP contribution in [-0.4, -0.2) is 44.1 Å². The highest BCUT2D eigenvalue weighted by Crippen LogP contribution is 2.13. The van der Waals surface area contributed by atoms with Gasteiger partial charge in [-0.3, -0.25) is 9.59 Å². The van der Waals surface area contributed by atoms with Crippen LogP contribution in [0.25, 0.3) is 0 Å². The molecule has 1 aliphatic rings. The maximum Gasteiger partial charge on any atom is 0.335 e. The number of ether oxygens (including phenoxy) is 2. The van der Waals surface area contributed by atoms with E-state index >= 15 is 0 Å². The van der Waals surface area contributed by atoms with Gasteiger partial charge in [-0.1, -0.05) is 0 Å². The lowest BCUT2D eigenvalue weighted by Crippen LogP contribution is -2.27. The van der Waals surface area contributed by atoms with Crippen LogP contribution in [0.2, 0.25) is 0 Å². The lowest BCUT2D eigenvalue weighted by molar-refractivity contribution is -0.156. The van der Waals surface area contributed by atoms with Crippen molar-refractivity contribution in [2.45, 2.75) is 18.9 Å². The lowest BCUT2D eigenvalue weighted by atomic mass is 10.2. The molecule has 2 N–H and O–H groups in total. The Balaban J connectivity index is 1.79. The van der Waals surface area contributed by atoms with E-state index in [4.69, 9.17) is 9.47 Å². The zero-order valence-electron chi connectivity index (χ0n) is 12.3. The molecule has 118 valence electrons. The van der Waals surface area contributed by atoms with Crippen LogP contribution in [0.5, 0.6) is 0 Å². The molecule has 0 unspecified atom stereocenters. The van der Waals surface area contributed by atoms with Crippen LogP contribution in [-0.2, 0) is 19.1 Å². The fourth-order valence-corrected chi connectivity index (χ4v) is 2.04. The van der Waals surface area contributed by atoms with Crippen LogP contribution < -0.4 is 10.6 Å². The second kappa shape index (κ2) is 7.56. The Labute approximate surface area is 128 Å². The molecular weight excluding hydrogens is 288 g/mol. The van der Waals surface area contributed by atoms with Crippen molar-refractivity contribution in [3.05, 3.63) is 29.8 Å². The Morgan fingerprint density at radius 1 is 1.27 bits per heavy atom. The van der Waals surface area contributed by atoms with Crippen molar-refractivity contribution >= 4 is 23.5 Å². The number of nitrogens with one attached hydrogen (secondary N) is 2. The van der Waals surface area contributed by atoms with Gasteiger partial charge in [-0.15, -0.1) is 0 Å². The Kier molecular flexibility index (Phi) is 5.48. The number of carbonyl (C=O) groups excluding carboxylic acids is 3. The zero-order chi connectivity index (χ0) is 15.9. The lowest BCUT2D eigenvalue weighted by Gasteiger charge is -2.10. The third kappa shape index (κ3) is 4.29. The van der Waals surface area contributed by atoms with E-state index in [2.05, 4.69) is 10.6 Å². The molecular formula is C15H18N2O5. The molecule has 1 fully saturated rings. The molecule has 1 atom stereocenters. The summed E-state index contributed by atoms with van der Waals surface area (Å²) in [5.41, 5.74) is 1.01. The van der Waals surface area contributed by atoms with Crippen molar-refractivity contribution in [3.8, 4) is 0 Å². The van der Waals surface area contributed by atoms with E-state index in [9.17, 15) is 14.4 Å². The van der Waals surface area contributed by atoms with Crippen molar-refractivity contribution < 1.29 is 23.9 Å². The topological polar surface area (TPSA) is 93.7 Å². The van der Waals surface area contributed by atoms with E-state index in [1.54, 1.807) is 31.3 Å². The number of anilines is 1. The third-order valence-corrected chi connectivity index (χ3v) is 3.20. The molecule has 2 rings (SSSR count). The Bertz CT molecular complexity index is 550. The first-order valence-electron chi connectivity index (χ1n) is 7.00. The van der Waals surface area contributed by atoms with Gasteiger partial charge in [-0.2, -0.15) is 0 Å². The summed E-state index contributed by atoms with van der Waals surface area (Å²) in [7, 11) is 1.54. The molecule has 0 radical (unpaired) electrons. The maximum atomic E-state index is 11.7. The molecule has 0 aromatic heterocycles. The zero-order valence-corrected chi connectivity index (χ0v) is 12.3. The van der Waals surface area contributed by atoms with Gasteiger partial charge in [0, 0.05) is 24.9 Å². The van der Waals surface area contributed by atoms with Gasteiger partial charge in [0.25, 0.3) is 11.8 Å². The molecule has 0 saturated carbocycles. The first kappa shape index (κ1) is 16.0. The van der Waals surface area contributed by atoms with Crippen molar-refractivity contribution in [2.75, 3.05) is 25.6 Å². The summed E-state index contributed by atoms with van der Waals surface area (Å²) in [6.45, 7) is 0.180. The van der Waals surface area contributed by atoms with Gasteiger partial charge in [0.1, 0.15) is 0 Å². The predicted molar refractivity (Wildman–Crippen MR) is 78.4 cm³/mol. The molecule has 0 aliphatic carbocycles. The number of carbonyl (C=O) groups is 3. The van der Waals surface area contributed by atoms with Gasteiger partial charge in [0.2, 0.25) is 0 Å². The van der Waals surface area contributed by atoms with Crippen molar-refractivity contribution in [1.29, 1.82) is 0 Å². The summed E-state index contributed by atoms with van der Waals surface area (Å²) in [6, 6.07) is 6.38. The van der Waals surface area contributed by atoms with Gasteiger partial charge < -0.3 is 20.1 Å². The molecule has 1 heterocycles. The third-order valence-electron chi connectivity index (χ3n) is 3.20. The quantitative estimate of drug-likeness (QED) is 0.781. The fourth-order valence-electron chi connectivity index (χ4n) is 2.04. The smallest absolute Gasteiger partial charge is 0.335 e. The Hall–Kier alpha value is -2.41. The highest BCUT2D eigenvalue weighted by molar-refractivity contribution is 5.96. The highest BCUT2D eigenvalue weighted by atomic mass is 16.6. The van der Waals surface area contributed by atoms with Gasteiger partial charge in [0.15, 0.2) is 12.7 Å². The SMILES string of the molecule is CNC(=O)c1ccc(NC(=O)COC(=O)[C@H]2CCCO2)cc1. The van der Waals surface area contributed by atoms with Crippen LogP contribution in [0.1, 0.15) is 23.2 Å². The second-order valence-electron chi connectivity index (χ2n) is 4.81. The minimum Gasteiger partial charge on any atom is -0.454 e. The molecule has 0 bridgehead atoms. The fraction of sp³-hybridized carbons (Fsp3) is 0.400. The molecule has 1 saturated heterocycles. The molecule has 22 heavy (non-hydrogen) atoms. The van der Waals surface area contributed by atoms with Gasteiger partial charge >= 0.3 is 5.97 Å². The van der Waals surface area contributed by atoms with E-state index in [0.29, 0.717) is 24.3 Å². The number of hydrogen-bond acceptors (Lipinski definition) is 5. The molecule has 0 spiro atoms. The van der Waals surface area contributed by atoms with Crippen molar-refractivity contribution in [2.24, 2.45) is 0 Å². The van der Waals surface area contributed by atoms with Crippen LogP contribution in [0.15, 0.2) is 24.3 Å². The van der Waals surface area contributed by atoms with E-state index in [-0.39, 0.29) is 12.5 Å². The average Bonchev–Trinajstić information content (AvgIpc) is 3.07. The first-order chi connectivity index (χ1) is 10.6.